The first-order chi connectivity index (χ1) is 14.1. The zero-order chi connectivity index (χ0) is 25.4. The topological polar surface area (TPSA) is 31.5 Å². The Morgan fingerprint density at radius 2 is 0.455 bits per heavy atom. The predicted molar refractivity (Wildman–Crippen MR) is 150 cm³/mol. The quantitative estimate of drug-likeness (QED) is 0.380. The summed E-state index contributed by atoms with van der Waals surface area (Å²) in [5, 5.41) is 0. The third-order valence-electron chi connectivity index (χ3n) is 6.37. The summed E-state index contributed by atoms with van der Waals surface area (Å²) in [6, 6.07) is 9.48. The van der Waals surface area contributed by atoms with Gasteiger partial charge >= 0.3 is 0 Å². The number of aryl methyl sites for hydroxylation is 4. The van der Waals surface area contributed by atoms with Crippen LogP contribution in [-0.4, -0.2) is 5.48 Å². The summed E-state index contributed by atoms with van der Waals surface area (Å²) in [5.41, 5.74) is 12.5. The molecule has 2 rings (SSSR count). The molecule has 2 N–H and O–H groups in total. The van der Waals surface area contributed by atoms with E-state index in [9.17, 15) is 0 Å². The van der Waals surface area contributed by atoms with Gasteiger partial charge in [0.1, 0.15) is 0 Å². The highest BCUT2D eigenvalue weighted by atomic mass is 16.0. The lowest BCUT2D eigenvalue weighted by molar-refractivity contribution is 0.569. The maximum atomic E-state index is 2.37. The van der Waals surface area contributed by atoms with Crippen molar-refractivity contribution in [1.82, 2.24) is 0 Å². The van der Waals surface area contributed by atoms with Gasteiger partial charge in [-0.1, -0.05) is 107 Å². The van der Waals surface area contributed by atoms with E-state index in [-0.39, 0.29) is 27.1 Å². The molecule has 0 heterocycles. The minimum atomic E-state index is 0. The van der Waals surface area contributed by atoms with Crippen LogP contribution in [0.2, 0.25) is 0 Å². The second-order valence-electron chi connectivity index (χ2n) is 14.0. The molecule has 33 heavy (non-hydrogen) atoms. The van der Waals surface area contributed by atoms with Gasteiger partial charge in [-0.3, -0.25) is 0 Å². The zero-order valence-electron chi connectivity index (χ0n) is 24.8. The van der Waals surface area contributed by atoms with Crippen LogP contribution in [0.5, 0.6) is 0 Å². The van der Waals surface area contributed by atoms with E-state index < -0.39 is 0 Å². The fraction of sp³-hybridized carbons (Fsp3) is 0.625. The Balaban J connectivity index is 0.000000602. The van der Waals surface area contributed by atoms with Gasteiger partial charge in [0.25, 0.3) is 0 Å². The molecule has 2 aromatic rings. The van der Waals surface area contributed by atoms with Gasteiger partial charge in [0, 0.05) is 0 Å². The lowest BCUT2D eigenvalue weighted by Crippen LogP contribution is -2.18. The lowest BCUT2D eigenvalue weighted by atomic mass is 9.77. The monoisotopic (exact) mass is 454 g/mol. The molecule has 2 aromatic carbocycles. The highest BCUT2D eigenvalue weighted by Gasteiger charge is 2.23. The summed E-state index contributed by atoms with van der Waals surface area (Å²) in [6.45, 7) is 36.3. The predicted octanol–water partition coefficient (Wildman–Crippen LogP) is 8.97. The average molecular weight is 455 g/mol. The first-order valence-corrected chi connectivity index (χ1v) is 12.3. The normalized spacial score (nSPS) is 12.6. The minimum Gasteiger partial charge on any atom is -0.412 e. The molecule has 0 spiro atoms. The fourth-order valence-corrected chi connectivity index (χ4v) is 4.86. The number of hydrogen-bond donors (Lipinski definition) is 0. The standard InChI is InChI=1S/2C16H26.H2O/c2*1-11-9-14(16(6,7)8)12(2)10-13(11)15(3,4)5;/h2*9-10H,1-8H3;1H2. The van der Waals surface area contributed by atoms with Gasteiger partial charge in [0.2, 0.25) is 0 Å². The summed E-state index contributed by atoms with van der Waals surface area (Å²) in [5.74, 6) is 0. The van der Waals surface area contributed by atoms with Crippen molar-refractivity contribution in [3.8, 4) is 0 Å². The summed E-state index contributed by atoms with van der Waals surface area (Å²) < 4.78 is 0. The minimum absolute atomic E-state index is 0. The maximum Gasteiger partial charge on any atom is -0.0129 e. The third kappa shape index (κ3) is 8.29. The third-order valence-corrected chi connectivity index (χ3v) is 6.37. The van der Waals surface area contributed by atoms with E-state index in [0.717, 1.165) is 0 Å². The molecule has 1 nitrogen and oxygen atoms in total. The summed E-state index contributed by atoms with van der Waals surface area (Å²) >= 11 is 0. The van der Waals surface area contributed by atoms with Crippen molar-refractivity contribution >= 4 is 0 Å². The molecular formula is C32H54O. The van der Waals surface area contributed by atoms with Crippen LogP contribution in [0.25, 0.3) is 0 Å². The van der Waals surface area contributed by atoms with Crippen LogP contribution >= 0.6 is 0 Å². The highest BCUT2D eigenvalue weighted by Crippen LogP contribution is 2.34. The van der Waals surface area contributed by atoms with Crippen molar-refractivity contribution in [3.05, 3.63) is 68.8 Å². The molecule has 0 aliphatic heterocycles. The first kappa shape index (κ1) is 31.4. The number of rotatable bonds is 0. The molecule has 0 atom stereocenters. The molecule has 0 saturated carbocycles. The zero-order valence-corrected chi connectivity index (χ0v) is 24.8. The molecule has 0 saturated heterocycles. The van der Waals surface area contributed by atoms with E-state index >= 15 is 0 Å². The summed E-state index contributed by atoms with van der Waals surface area (Å²) in [6.07, 6.45) is 0. The second-order valence-corrected chi connectivity index (χ2v) is 14.0. The van der Waals surface area contributed by atoms with Crippen molar-refractivity contribution in [2.24, 2.45) is 0 Å². The molecule has 0 amide bonds. The van der Waals surface area contributed by atoms with Crippen molar-refractivity contribution in [2.75, 3.05) is 0 Å². The van der Waals surface area contributed by atoms with E-state index in [1.807, 2.05) is 0 Å². The lowest BCUT2D eigenvalue weighted by Gasteiger charge is -2.28. The van der Waals surface area contributed by atoms with E-state index in [0.29, 0.717) is 0 Å². The van der Waals surface area contributed by atoms with Crippen LogP contribution in [0.15, 0.2) is 24.3 Å². The van der Waals surface area contributed by atoms with Crippen molar-refractivity contribution in [1.29, 1.82) is 0 Å². The largest absolute Gasteiger partial charge is 0.412 e. The second kappa shape index (κ2) is 10.3. The highest BCUT2D eigenvalue weighted by molar-refractivity contribution is 5.44. The van der Waals surface area contributed by atoms with Gasteiger partial charge in [-0.25, -0.2) is 0 Å². The van der Waals surface area contributed by atoms with Crippen molar-refractivity contribution < 1.29 is 5.48 Å². The van der Waals surface area contributed by atoms with Gasteiger partial charge in [-0.05, 0) is 93.9 Å². The molecule has 1 heteroatoms. The van der Waals surface area contributed by atoms with Gasteiger partial charge in [0.15, 0.2) is 0 Å². The molecular weight excluding hydrogens is 400 g/mol. The summed E-state index contributed by atoms with van der Waals surface area (Å²) in [4.78, 5) is 0. The Kier molecular flexibility index (Phi) is 9.84. The van der Waals surface area contributed by atoms with Crippen molar-refractivity contribution in [3.63, 3.8) is 0 Å². The molecule has 0 radical (unpaired) electrons. The first-order valence-electron chi connectivity index (χ1n) is 12.3. The number of hydrogen-bond acceptors (Lipinski definition) is 0. The smallest absolute Gasteiger partial charge is 0.0129 e. The average Bonchev–Trinajstić information content (AvgIpc) is 2.55. The van der Waals surface area contributed by atoms with Crippen molar-refractivity contribution in [2.45, 2.75) is 132 Å². The molecule has 0 aliphatic carbocycles. The van der Waals surface area contributed by atoms with Crippen LogP contribution in [0.4, 0.5) is 0 Å². The van der Waals surface area contributed by atoms with Gasteiger partial charge < -0.3 is 5.48 Å². The Labute approximate surface area is 206 Å². The van der Waals surface area contributed by atoms with Crippen LogP contribution in [0.1, 0.15) is 128 Å². The Morgan fingerprint density at radius 3 is 0.545 bits per heavy atom. The SMILES string of the molecule is Cc1cc(C(C)(C)C)c(C)cc1C(C)(C)C.Cc1cc(C(C)(C)C)c(C)cc1C(C)(C)C.O. The molecule has 0 fully saturated rings. The molecule has 0 unspecified atom stereocenters. The maximum absolute atomic E-state index is 2.37. The van der Waals surface area contributed by atoms with E-state index in [1.165, 1.54) is 44.5 Å². The van der Waals surface area contributed by atoms with Crippen LogP contribution in [-0.2, 0) is 21.7 Å². The van der Waals surface area contributed by atoms with Crippen LogP contribution < -0.4 is 0 Å². The van der Waals surface area contributed by atoms with E-state index in [4.69, 9.17) is 0 Å². The Morgan fingerprint density at radius 1 is 0.333 bits per heavy atom. The fourth-order valence-electron chi connectivity index (χ4n) is 4.86. The van der Waals surface area contributed by atoms with Gasteiger partial charge in [-0.15, -0.1) is 0 Å². The Hall–Kier alpha value is -1.60. The van der Waals surface area contributed by atoms with Gasteiger partial charge in [-0.2, -0.15) is 0 Å². The van der Waals surface area contributed by atoms with Gasteiger partial charge in [0.05, 0.1) is 0 Å². The molecule has 0 aromatic heterocycles. The van der Waals surface area contributed by atoms with E-state index in [2.05, 4.69) is 135 Å². The van der Waals surface area contributed by atoms with E-state index in [1.54, 1.807) is 0 Å². The molecule has 188 valence electrons. The van der Waals surface area contributed by atoms with Crippen LogP contribution in [0.3, 0.4) is 0 Å². The van der Waals surface area contributed by atoms with Crippen LogP contribution in [0, 0.1) is 27.7 Å². The molecule has 0 bridgehead atoms. The molecule has 0 aliphatic rings. The summed E-state index contributed by atoms with van der Waals surface area (Å²) in [7, 11) is 0. The number of benzene rings is 2. The Bertz CT molecular complexity index is 774.